The van der Waals surface area contributed by atoms with Crippen LogP contribution in [-0.2, 0) is 0 Å². The van der Waals surface area contributed by atoms with Crippen LogP contribution >= 0.6 is 22.9 Å². The molecule has 4 heteroatoms. The summed E-state index contributed by atoms with van der Waals surface area (Å²) in [5.41, 5.74) is 3.27. The average molecular weight is 289 g/mol. The van der Waals surface area contributed by atoms with Crippen LogP contribution in [0.25, 0.3) is 20.8 Å². The van der Waals surface area contributed by atoms with Gasteiger partial charge in [-0.15, -0.1) is 11.3 Å². The van der Waals surface area contributed by atoms with E-state index >= 15 is 0 Å². The lowest BCUT2D eigenvalue weighted by Crippen LogP contribution is -2.07. The third kappa shape index (κ3) is 2.44. The molecule has 3 rings (SSSR count). The fraction of sp³-hybridized carbons (Fsp3) is 0.133. The Hall–Kier alpha value is -1.58. The number of nitrogens with zero attached hydrogens (tertiary/aromatic N) is 2. The molecule has 3 aromatic rings. The molecule has 0 atom stereocenters. The van der Waals surface area contributed by atoms with Crippen molar-refractivity contribution in [1.29, 1.82) is 0 Å². The highest BCUT2D eigenvalue weighted by atomic mass is 35.5. The molecular weight excluding hydrogens is 276 g/mol. The molecule has 0 saturated carbocycles. The van der Waals surface area contributed by atoms with Crippen LogP contribution < -0.4 is 4.90 Å². The highest BCUT2D eigenvalue weighted by Crippen LogP contribution is 2.32. The number of benzene rings is 2. The summed E-state index contributed by atoms with van der Waals surface area (Å²) in [4.78, 5) is 6.78. The molecule has 2 nitrogen and oxygen atoms in total. The molecule has 96 valence electrons. The summed E-state index contributed by atoms with van der Waals surface area (Å²) in [7, 11) is 4.07. The van der Waals surface area contributed by atoms with Crippen LogP contribution in [0.4, 0.5) is 5.69 Å². The average Bonchev–Trinajstić information content (AvgIpc) is 2.81. The fourth-order valence-corrected chi connectivity index (χ4v) is 3.07. The van der Waals surface area contributed by atoms with Gasteiger partial charge < -0.3 is 4.90 Å². The van der Waals surface area contributed by atoms with Crippen molar-refractivity contribution >= 4 is 38.8 Å². The van der Waals surface area contributed by atoms with Crippen molar-refractivity contribution in [3.05, 3.63) is 47.5 Å². The largest absolute Gasteiger partial charge is 0.378 e. The maximum Gasteiger partial charge on any atom is 0.124 e. The molecule has 0 unspecified atom stereocenters. The summed E-state index contributed by atoms with van der Waals surface area (Å²) >= 11 is 7.72. The standard InChI is InChI=1S/C15H13ClN2S/c1-18(2)12-6-7-14-13(9-12)17-15(19-14)10-4-3-5-11(16)8-10/h3-9H,1-2H3. The zero-order valence-electron chi connectivity index (χ0n) is 10.7. The number of anilines is 1. The van der Waals surface area contributed by atoms with E-state index in [4.69, 9.17) is 16.6 Å². The highest BCUT2D eigenvalue weighted by Gasteiger charge is 2.07. The molecule has 0 aliphatic carbocycles. The van der Waals surface area contributed by atoms with E-state index in [-0.39, 0.29) is 0 Å². The molecular formula is C15H13ClN2S. The molecule has 0 radical (unpaired) electrons. The van der Waals surface area contributed by atoms with Crippen LogP contribution in [0.15, 0.2) is 42.5 Å². The molecule has 0 fully saturated rings. The Balaban J connectivity index is 2.11. The number of fused-ring (bicyclic) bond motifs is 1. The summed E-state index contributed by atoms with van der Waals surface area (Å²) in [6.45, 7) is 0. The van der Waals surface area contributed by atoms with Crippen molar-refractivity contribution in [2.45, 2.75) is 0 Å². The van der Waals surface area contributed by atoms with E-state index in [2.05, 4.69) is 23.1 Å². The summed E-state index contributed by atoms with van der Waals surface area (Å²) in [5.74, 6) is 0. The SMILES string of the molecule is CN(C)c1ccc2sc(-c3cccc(Cl)c3)nc2c1. The van der Waals surface area contributed by atoms with E-state index < -0.39 is 0 Å². The van der Waals surface area contributed by atoms with Gasteiger partial charge in [0.2, 0.25) is 0 Å². The summed E-state index contributed by atoms with van der Waals surface area (Å²) in [5, 5.41) is 1.75. The maximum atomic E-state index is 6.03. The quantitative estimate of drug-likeness (QED) is 0.680. The van der Waals surface area contributed by atoms with E-state index in [1.165, 1.54) is 4.70 Å². The van der Waals surface area contributed by atoms with Gasteiger partial charge in [0, 0.05) is 30.4 Å². The first-order valence-corrected chi connectivity index (χ1v) is 7.17. The lowest BCUT2D eigenvalue weighted by Gasteiger charge is -2.11. The normalized spacial score (nSPS) is 10.9. The predicted molar refractivity (Wildman–Crippen MR) is 84.4 cm³/mol. The van der Waals surface area contributed by atoms with E-state index in [0.29, 0.717) is 0 Å². The Morgan fingerprint density at radius 1 is 1.11 bits per heavy atom. The Labute approximate surface area is 121 Å². The molecule has 2 aromatic carbocycles. The van der Waals surface area contributed by atoms with Crippen LogP contribution in [0.1, 0.15) is 0 Å². The number of aromatic nitrogens is 1. The first-order valence-electron chi connectivity index (χ1n) is 5.97. The first kappa shape index (κ1) is 12.5. The second-order valence-electron chi connectivity index (χ2n) is 4.58. The highest BCUT2D eigenvalue weighted by molar-refractivity contribution is 7.21. The molecule has 0 spiro atoms. The number of rotatable bonds is 2. The van der Waals surface area contributed by atoms with Crippen molar-refractivity contribution in [2.75, 3.05) is 19.0 Å². The van der Waals surface area contributed by atoms with Gasteiger partial charge in [0.1, 0.15) is 5.01 Å². The van der Waals surface area contributed by atoms with Gasteiger partial charge in [-0.1, -0.05) is 23.7 Å². The summed E-state index contributed by atoms with van der Waals surface area (Å²) < 4.78 is 1.19. The van der Waals surface area contributed by atoms with Gasteiger partial charge in [-0.05, 0) is 30.3 Å². The minimum Gasteiger partial charge on any atom is -0.378 e. The van der Waals surface area contributed by atoms with Gasteiger partial charge >= 0.3 is 0 Å². The Morgan fingerprint density at radius 2 is 1.95 bits per heavy atom. The van der Waals surface area contributed by atoms with Crippen LogP contribution in [-0.4, -0.2) is 19.1 Å². The van der Waals surface area contributed by atoms with Gasteiger partial charge in [-0.2, -0.15) is 0 Å². The van der Waals surface area contributed by atoms with Gasteiger partial charge in [-0.3, -0.25) is 0 Å². The lowest BCUT2D eigenvalue weighted by atomic mass is 10.2. The Kier molecular flexibility index (Phi) is 3.17. The number of thiazole rings is 1. The predicted octanol–water partition coefficient (Wildman–Crippen LogP) is 4.68. The molecule has 0 bridgehead atoms. The van der Waals surface area contributed by atoms with Gasteiger partial charge in [0.05, 0.1) is 10.2 Å². The van der Waals surface area contributed by atoms with E-state index in [1.54, 1.807) is 11.3 Å². The molecule has 1 aromatic heterocycles. The minimum atomic E-state index is 0.741. The second-order valence-corrected chi connectivity index (χ2v) is 6.04. The van der Waals surface area contributed by atoms with Crippen LogP contribution in [0.2, 0.25) is 5.02 Å². The Bertz CT molecular complexity index is 734. The summed E-state index contributed by atoms with van der Waals surface area (Å²) in [6, 6.07) is 14.2. The molecule has 0 aliphatic heterocycles. The topological polar surface area (TPSA) is 16.1 Å². The smallest absolute Gasteiger partial charge is 0.124 e. The molecule has 0 aliphatic rings. The zero-order chi connectivity index (χ0) is 13.4. The minimum absolute atomic E-state index is 0.741. The number of hydrogen-bond donors (Lipinski definition) is 0. The molecule has 0 amide bonds. The monoisotopic (exact) mass is 288 g/mol. The van der Waals surface area contributed by atoms with Crippen molar-refractivity contribution in [3.8, 4) is 10.6 Å². The molecule has 1 heterocycles. The summed E-state index contributed by atoms with van der Waals surface area (Å²) in [6.07, 6.45) is 0. The van der Waals surface area contributed by atoms with Crippen molar-refractivity contribution < 1.29 is 0 Å². The van der Waals surface area contributed by atoms with Crippen LogP contribution in [0, 0.1) is 0 Å². The van der Waals surface area contributed by atoms with Crippen LogP contribution in [0.3, 0.4) is 0 Å². The molecule has 19 heavy (non-hydrogen) atoms. The van der Waals surface area contributed by atoms with Crippen molar-refractivity contribution in [2.24, 2.45) is 0 Å². The van der Waals surface area contributed by atoms with Gasteiger partial charge in [0.25, 0.3) is 0 Å². The van der Waals surface area contributed by atoms with E-state index in [9.17, 15) is 0 Å². The first-order chi connectivity index (χ1) is 9.13. The van der Waals surface area contributed by atoms with E-state index in [1.807, 2.05) is 38.4 Å². The fourth-order valence-electron chi connectivity index (χ4n) is 1.94. The van der Waals surface area contributed by atoms with Crippen molar-refractivity contribution in [3.63, 3.8) is 0 Å². The third-order valence-electron chi connectivity index (χ3n) is 2.96. The lowest BCUT2D eigenvalue weighted by molar-refractivity contribution is 1.13. The number of halogens is 1. The Morgan fingerprint density at radius 3 is 2.68 bits per heavy atom. The second kappa shape index (κ2) is 4.83. The molecule has 0 N–H and O–H groups in total. The maximum absolute atomic E-state index is 6.03. The number of hydrogen-bond acceptors (Lipinski definition) is 3. The van der Waals surface area contributed by atoms with E-state index in [0.717, 1.165) is 26.8 Å². The van der Waals surface area contributed by atoms with Crippen molar-refractivity contribution in [1.82, 2.24) is 4.98 Å². The third-order valence-corrected chi connectivity index (χ3v) is 4.28. The van der Waals surface area contributed by atoms with Gasteiger partial charge in [-0.25, -0.2) is 4.98 Å². The molecule has 0 saturated heterocycles. The van der Waals surface area contributed by atoms with Crippen LogP contribution in [0.5, 0.6) is 0 Å². The zero-order valence-corrected chi connectivity index (χ0v) is 12.3. The van der Waals surface area contributed by atoms with Gasteiger partial charge in [0.15, 0.2) is 0 Å².